The van der Waals surface area contributed by atoms with Crippen LogP contribution < -0.4 is 10.1 Å². The third-order valence-electron chi connectivity index (χ3n) is 4.07. The molecule has 2 aliphatic rings. The van der Waals surface area contributed by atoms with Crippen LogP contribution in [0.1, 0.15) is 24.5 Å². The fourth-order valence-corrected chi connectivity index (χ4v) is 3.00. The van der Waals surface area contributed by atoms with Gasteiger partial charge in [-0.05, 0) is 25.0 Å². The van der Waals surface area contributed by atoms with Crippen molar-refractivity contribution in [2.75, 3.05) is 13.1 Å². The van der Waals surface area contributed by atoms with Crippen LogP contribution in [-0.4, -0.2) is 41.9 Å². The predicted octanol–water partition coefficient (Wildman–Crippen LogP) is 1.04. The van der Waals surface area contributed by atoms with Gasteiger partial charge in [-0.1, -0.05) is 24.6 Å². The number of carbonyl (C=O) groups is 2. The first-order valence-corrected chi connectivity index (χ1v) is 7.41. The summed E-state index contributed by atoms with van der Waals surface area (Å²) in [4.78, 5) is 25.6. The Balaban J connectivity index is 1.68. The van der Waals surface area contributed by atoms with E-state index in [1.165, 1.54) is 11.1 Å². The van der Waals surface area contributed by atoms with Crippen LogP contribution in [0.4, 0.5) is 0 Å². The number of hydrogen-bond acceptors (Lipinski definition) is 3. The van der Waals surface area contributed by atoms with E-state index in [0.29, 0.717) is 13.0 Å². The van der Waals surface area contributed by atoms with Crippen LogP contribution in [0.5, 0.6) is 5.75 Å². The number of nitrogens with zero attached hydrogens (tertiary/aromatic N) is 1. The van der Waals surface area contributed by atoms with Gasteiger partial charge in [-0.25, -0.2) is 0 Å². The lowest BCUT2D eigenvalue weighted by atomic mass is 10.1. The average molecular weight is 288 g/mol. The van der Waals surface area contributed by atoms with Gasteiger partial charge in [0.15, 0.2) is 0 Å². The number of ether oxygens (including phenoxy) is 1. The van der Waals surface area contributed by atoms with Crippen molar-refractivity contribution in [1.82, 2.24) is 10.2 Å². The van der Waals surface area contributed by atoms with Gasteiger partial charge in [0, 0.05) is 6.42 Å². The first kappa shape index (κ1) is 13.9. The summed E-state index contributed by atoms with van der Waals surface area (Å²) in [5.74, 6) is 0.798. The van der Waals surface area contributed by atoms with E-state index >= 15 is 0 Å². The molecule has 21 heavy (non-hydrogen) atoms. The standard InChI is InChI=1S/C16H20N2O3/c1-3-13-16(20)18(9-15(19)17-13)8-12-7-11-6-10(2)4-5-14(11)21-12/h4-6,12-13H,3,7-9H2,1-2H3,(H,17,19). The molecule has 1 fully saturated rings. The molecule has 1 saturated heterocycles. The third-order valence-corrected chi connectivity index (χ3v) is 4.07. The molecule has 0 saturated carbocycles. The second-order valence-corrected chi connectivity index (χ2v) is 5.80. The maximum atomic E-state index is 12.3. The fourth-order valence-electron chi connectivity index (χ4n) is 3.00. The molecular weight excluding hydrogens is 268 g/mol. The number of aryl methyl sites for hydroxylation is 1. The van der Waals surface area contributed by atoms with Crippen LogP contribution in [-0.2, 0) is 16.0 Å². The molecule has 5 heteroatoms. The highest BCUT2D eigenvalue weighted by molar-refractivity contribution is 5.94. The highest BCUT2D eigenvalue weighted by atomic mass is 16.5. The summed E-state index contributed by atoms with van der Waals surface area (Å²) >= 11 is 0. The van der Waals surface area contributed by atoms with Gasteiger partial charge in [0.2, 0.25) is 11.8 Å². The van der Waals surface area contributed by atoms with E-state index in [-0.39, 0.29) is 24.5 Å². The molecule has 0 radical (unpaired) electrons. The molecule has 1 aromatic rings. The number of carbonyl (C=O) groups excluding carboxylic acids is 2. The Hall–Kier alpha value is -2.04. The van der Waals surface area contributed by atoms with Crippen molar-refractivity contribution in [3.05, 3.63) is 29.3 Å². The zero-order valence-electron chi connectivity index (χ0n) is 12.4. The van der Waals surface area contributed by atoms with Crippen LogP contribution >= 0.6 is 0 Å². The second-order valence-electron chi connectivity index (χ2n) is 5.80. The van der Waals surface area contributed by atoms with Crippen molar-refractivity contribution >= 4 is 11.8 Å². The predicted molar refractivity (Wildman–Crippen MR) is 78.1 cm³/mol. The minimum absolute atomic E-state index is 0.00663. The van der Waals surface area contributed by atoms with E-state index in [4.69, 9.17) is 4.74 Å². The first-order chi connectivity index (χ1) is 10.1. The molecule has 1 N–H and O–H groups in total. The molecule has 2 unspecified atom stereocenters. The number of amides is 2. The molecule has 1 aromatic carbocycles. The molecule has 3 rings (SSSR count). The van der Waals surface area contributed by atoms with Gasteiger partial charge in [-0.15, -0.1) is 0 Å². The van der Waals surface area contributed by atoms with Crippen LogP contribution in [0.15, 0.2) is 18.2 Å². The summed E-state index contributed by atoms with van der Waals surface area (Å²) < 4.78 is 5.89. The van der Waals surface area contributed by atoms with Gasteiger partial charge in [0.1, 0.15) is 17.9 Å². The summed E-state index contributed by atoms with van der Waals surface area (Å²) in [7, 11) is 0. The van der Waals surface area contributed by atoms with E-state index in [2.05, 4.69) is 18.3 Å². The van der Waals surface area contributed by atoms with E-state index in [0.717, 1.165) is 12.2 Å². The monoisotopic (exact) mass is 288 g/mol. The Labute approximate surface area is 124 Å². The zero-order valence-corrected chi connectivity index (χ0v) is 12.4. The molecule has 2 heterocycles. The maximum Gasteiger partial charge on any atom is 0.245 e. The van der Waals surface area contributed by atoms with Gasteiger partial charge in [0.25, 0.3) is 0 Å². The summed E-state index contributed by atoms with van der Waals surface area (Å²) in [6.07, 6.45) is 1.35. The topological polar surface area (TPSA) is 58.6 Å². The zero-order chi connectivity index (χ0) is 15.0. The lowest BCUT2D eigenvalue weighted by Gasteiger charge is -2.33. The van der Waals surface area contributed by atoms with Crippen molar-refractivity contribution in [2.45, 2.75) is 38.8 Å². The maximum absolute atomic E-state index is 12.3. The molecule has 0 spiro atoms. The summed E-state index contributed by atoms with van der Waals surface area (Å²) in [5.41, 5.74) is 2.39. The fraction of sp³-hybridized carbons (Fsp3) is 0.500. The SMILES string of the molecule is CCC1NC(=O)CN(CC2Cc3cc(C)ccc3O2)C1=O. The molecule has 112 valence electrons. The average Bonchev–Trinajstić information content (AvgIpc) is 2.83. The summed E-state index contributed by atoms with van der Waals surface area (Å²) in [5, 5.41) is 2.72. The molecule has 5 nitrogen and oxygen atoms in total. The minimum Gasteiger partial charge on any atom is -0.488 e. The largest absolute Gasteiger partial charge is 0.488 e. The summed E-state index contributed by atoms with van der Waals surface area (Å²) in [6.45, 7) is 4.55. The van der Waals surface area contributed by atoms with Crippen molar-refractivity contribution < 1.29 is 14.3 Å². The van der Waals surface area contributed by atoms with Gasteiger partial charge in [0.05, 0.1) is 13.1 Å². The van der Waals surface area contributed by atoms with E-state index < -0.39 is 6.04 Å². The molecule has 0 bridgehead atoms. The molecule has 0 aliphatic carbocycles. The molecule has 2 atom stereocenters. The van der Waals surface area contributed by atoms with Crippen LogP contribution in [0.2, 0.25) is 0 Å². The highest BCUT2D eigenvalue weighted by Crippen LogP contribution is 2.30. The van der Waals surface area contributed by atoms with Gasteiger partial charge in [-0.3, -0.25) is 9.59 Å². The van der Waals surface area contributed by atoms with Crippen LogP contribution in [0.3, 0.4) is 0 Å². The lowest BCUT2D eigenvalue weighted by molar-refractivity contribution is -0.145. The normalized spacial score (nSPS) is 24.6. The van der Waals surface area contributed by atoms with Gasteiger partial charge in [-0.2, -0.15) is 0 Å². The minimum atomic E-state index is -0.391. The van der Waals surface area contributed by atoms with Gasteiger partial charge < -0.3 is 15.0 Å². The van der Waals surface area contributed by atoms with Crippen LogP contribution in [0, 0.1) is 6.92 Å². The number of benzene rings is 1. The van der Waals surface area contributed by atoms with Crippen LogP contribution in [0.25, 0.3) is 0 Å². The third kappa shape index (κ3) is 2.73. The molecule has 2 aliphatic heterocycles. The van der Waals surface area contributed by atoms with Crippen molar-refractivity contribution in [3.63, 3.8) is 0 Å². The Morgan fingerprint density at radius 1 is 1.38 bits per heavy atom. The number of piperazine rings is 1. The van der Waals surface area contributed by atoms with E-state index in [1.807, 2.05) is 19.1 Å². The van der Waals surface area contributed by atoms with E-state index in [1.54, 1.807) is 4.90 Å². The summed E-state index contributed by atoms with van der Waals surface area (Å²) in [6, 6.07) is 5.73. The smallest absolute Gasteiger partial charge is 0.245 e. The quantitative estimate of drug-likeness (QED) is 0.904. The Morgan fingerprint density at radius 2 is 2.19 bits per heavy atom. The first-order valence-electron chi connectivity index (χ1n) is 7.41. The Morgan fingerprint density at radius 3 is 2.95 bits per heavy atom. The highest BCUT2D eigenvalue weighted by Gasteiger charge is 2.34. The van der Waals surface area contributed by atoms with Gasteiger partial charge >= 0.3 is 0 Å². The molecule has 2 amide bonds. The number of fused-ring (bicyclic) bond motifs is 1. The molecule has 0 aromatic heterocycles. The second kappa shape index (κ2) is 5.39. The number of hydrogen-bond donors (Lipinski definition) is 1. The van der Waals surface area contributed by atoms with Crippen molar-refractivity contribution in [1.29, 1.82) is 0 Å². The number of nitrogens with one attached hydrogen (secondary N) is 1. The lowest BCUT2D eigenvalue weighted by Crippen LogP contribution is -2.59. The van der Waals surface area contributed by atoms with Crippen molar-refractivity contribution in [3.8, 4) is 5.75 Å². The van der Waals surface area contributed by atoms with E-state index in [9.17, 15) is 9.59 Å². The molecular formula is C16H20N2O3. The Kier molecular flexibility index (Phi) is 3.57. The number of rotatable bonds is 3. The van der Waals surface area contributed by atoms with Crippen molar-refractivity contribution in [2.24, 2.45) is 0 Å². The Bertz CT molecular complexity index is 585.